The molecule has 0 spiro atoms. The summed E-state index contributed by atoms with van der Waals surface area (Å²) in [4.78, 5) is 39.5. The Bertz CT molecular complexity index is 954. The molecule has 8 nitrogen and oxygen atoms in total. The molecule has 2 fully saturated rings. The van der Waals surface area contributed by atoms with Gasteiger partial charge in [0.15, 0.2) is 5.82 Å². The summed E-state index contributed by atoms with van der Waals surface area (Å²) < 4.78 is 6.86. The predicted molar refractivity (Wildman–Crippen MR) is 117 cm³/mol. The van der Waals surface area contributed by atoms with Crippen molar-refractivity contribution in [3.63, 3.8) is 0 Å². The molecule has 9 heteroatoms. The van der Waals surface area contributed by atoms with Gasteiger partial charge in [0.25, 0.3) is 0 Å². The Kier molecular flexibility index (Phi) is 5.90. The minimum atomic E-state index is -0.327. The van der Waals surface area contributed by atoms with Gasteiger partial charge in [-0.3, -0.25) is 14.6 Å². The molecule has 0 radical (unpaired) electrons. The lowest BCUT2D eigenvalue weighted by Gasteiger charge is -2.21. The van der Waals surface area contributed by atoms with E-state index in [1.165, 1.54) is 0 Å². The monoisotopic (exact) mass is 473 g/mol. The van der Waals surface area contributed by atoms with Gasteiger partial charge in [0.2, 0.25) is 17.7 Å². The molecule has 1 aromatic carbocycles. The van der Waals surface area contributed by atoms with E-state index in [2.05, 4.69) is 25.9 Å². The molecule has 2 saturated heterocycles. The van der Waals surface area contributed by atoms with Gasteiger partial charge in [-0.2, -0.15) is 4.98 Å². The second-order valence-corrected chi connectivity index (χ2v) is 8.72. The second-order valence-electron chi connectivity index (χ2n) is 7.81. The first-order chi connectivity index (χ1) is 14.4. The number of carbonyl (C=O) groups is 2. The number of halogens is 1. The molecule has 0 N–H and O–H groups in total. The first-order valence-corrected chi connectivity index (χ1v) is 10.7. The number of amides is 2. The van der Waals surface area contributed by atoms with Crippen LogP contribution < -0.4 is 14.5 Å². The fourth-order valence-electron chi connectivity index (χ4n) is 3.83. The van der Waals surface area contributed by atoms with E-state index < -0.39 is 0 Å². The molecule has 1 aromatic heterocycles. The summed E-state index contributed by atoms with van der Waals surface area (Å²) in [5.74, 6) is 0.842. The number of anilines is 2. The first-order valence-electron chi connectivity index (χ1n) is 9.91. The second kappa shape index (κ2) is 8.59. The van der Waals surface area contributed by atoms with Gasteiger partial charge in [0.1, 0.15) is 6.10 Å². The smallest absolute Gasteiger partial charge is 0.234 e. The molecule has 2 aromatic rings. The number of hydrogen-bond donors (Lipinski definition) is 0. The molecule has 158 valence electrons. The molecular weight excluding hydrogens is 450 g/mol. The minimum Gasteiger partial charge on any atom is -0.471 e. The van der Waals surface area contributed by atoms with Crippen molar-refractivity contribution in [2.24, 2.45) is 5.92 Å². The van der Waals surface area contributed by atoms with Crippen molar-refractivity contribution in [3.8, 4) is 5.88 Å². The van der Waals surface area contributed by atoms with Crippen LogP contribution in [0.2, 0.25) is 0 Å². The third kappa shape index (κ3) is 4.40. The summed E-state index contributed by atoms with van der Waals surface area (Å²) in [5, 5.41) is 0. The molecule has 0 saturated carbocycles. The maximum absolute atomic E-state index is 13.0. The van der Waals surface area contributed by atoms with Gasteiger partial charge >= 0.3 is 0 Å². The average molecular weight is 474 g/mol. The van der Waals surface area contributed by atoms with E-state index in [4.69, 9.17) is 4.74 Å². The topological polar surface area (TPSA) is 78.9 Å². The number of aromatic nitrogens is 2. The zero-order chi connectivity index (χ0) is 21.3. The zero-order valence-electron chi connectivity index (χ0n) is 17.0. The number of hydrogen-bond acceptors (Lipinski definition) is 6. The van der Waals surface area contributed by atoms with Gasteiger partial charge in [-0.25, -0.2) is 0 Å². The summed E-state index contributed by atoms with van der Waals surface area (Å²) in [5.41, 5.74) is 0.812. The molecule has 2 unspecified atom stereocenters. The molecule has 0 aliphatic carbocycles. The van der Waals surface area contributed by atoms with Crippen molar-refractivity contribution in [3.05, 3.63) is 41.1 Å². The van der Waals surface area contributed by atoms with Crippen LogP contribution in [0.15, 0.2) is 41.1 Å². The highest BCUT2D eigenvalue weighted by Crippen LogP contribution is 2.29. The number of rotatable bonds is 5. The van der Waals surface area contributed by atoms with Crippen LogP contribution in [-0.2, 0) is 9.59 Å². The van der Waals surface area contributed by atoms with Crippen LogP contribution in [-0.4, -0.2) is 66.5 Å². The standard InChI is InChI=1S/C21H24BrN5O3/c1-25(2)18-10-23-11-19(24-18)30-17-6-7-26(13-17)21(29)14-8-20(28)27(12-14)16-5-3-4-15(22)9-16/h3-5,9-11,14,17H,6-8,12-13H2,1-2H3. The maximum atomic E-state index is 13.0. The van der Waals surface area contributed by atoms with Crippen molar-refractivity contribution in [1.29, 1.82) is 0 Å². The fourth-order valence-corrected chi connectivity index (χ4v) is 4.22. The Morgan fingerprint density at radius 2 is 2.10 bits per heavy atom. The van der Waals surface area contributed by atoms with Crippen molar-refractivity contribution in [2.75, 3.05) is 43.5 Å². The SMILES string of the molecule is CN(C)c1cncc(OC2CCN(C(=O)C3CC(=O)N(c4cccc(Br)c4)C3)C2)n1. The Morgan fingerprint density at radius 3 is 2.87 bits per heavy atom. The number of likely N-dealkylation sites (tertiary alicyclic amines) is 1. The minimum absolute atomic E-state index is 0.0140. The van der Waals surface area contributed by atoms with Gasteiger partial charge in [0.05, 0.1) is 24.9 Å². The summed E-state index contributed by atoms with van der Waals surface area (Å²) in [6.07, 6.45) is 4.10. The van der Waals surface area contributed by atoms with Crippen LogP contribution in [0.25, 0.3) is 0 Å². The number of benzene rings is 1. The first kappa shape index (κ1) is 20.6. The fraction of sp³-hybridized carbons (Fsp3) is 0.429. The van der Waals surface area contributed by atoms with Crippen molar-refractivity contribution < 1.29 is 14.3 Å². The van der Waals surface area contributed by atoms with Crippen LogP contribution in [0.1, 0.15) is 12.8 Å². The number of ether oxygens (including phenoxy) is 1. The normalized spacial score (nSPS) is 21.2. The molecule has 2 aliphatic heterocycles. The van der Waals surface area contributed by atoms with Gasteiger partial charge < -0.3 is 19.4 Å². The van der Waals surface area contributed by atoms with E-state index in [1.54, 1.807) is 22.2 Å². The average Bonchev–Trinajstić information content (AvgIpc) is 3.34. The highest BCUT2D eigenvalue weighted by atomic mass is 79.9. The van der Waals surface area contributed by atoms with Crippen LogP contribution in [0.4, 0.5) is 11.5 Å². The van der Waals surface area contributed by atoms with Crippen molar-refractivity contribution >= 4 is 39.2 Å². The molecular formula is C21H24BrN5O3. The predicted octanol–water partition coefficient (Wildman–Crippen LogP) is 2.34. The largest absolute Gasteiger partial charge is 0.471 e. The van der Waals surface area contributed by atoms with Gasteiger partial charge in [-0.05, 0) is 18.2 Å². The molecule has 30 heavy (non-hydrogen) atoms. The van der Waals surface area contributed by atoms with Crippen LogP contribution in [0.3, 0.4) is 0 Å². The third-order valence-corrected chi connectivity index (χ3v) is 5.89. The highest BCUT2D eigenvalue weighted by Gasteiger charge is 2.39. The van der Waals surface area contributed by atoms with Gasteiger partial charge in [0, 0.05) is 50.2 Å². The lowest BCUT2D eigenvalue weighted by Crippen LogP contribution is -2.37. The molecule has 3 heterocycles. The number of nitrogens with zero attached hydrogens (tertiary/aromatic N) is 5. The summed E-state index contributed by atoms with van der Waals surface area (Å²) in [6.45, 7) is 1.52. The quantitative estimate of drug-likeness (QED) is 0.662. The Hall–Kier alpha value is -2.68. The Labute approximate surface area is 184 Å². The maximum Gasteiger partial charge on any atom is 0.234 e. The summed E-state index contributed by atoms with van der Waals surface area (Å²) in [6, 6.07) is 7.58. The Morgan fingerprint density at radius 1 is 1.27 bits per heavy atom. The highest BCUT2D eigenvalue weighted by molar-refractivity contribution is 9.10. The molecule has 2 amide bonds. The van der Waals surface area contributed by atoms with E-state index in [1.807, 2.05) is 43.3 Å². The van der Waals surface area contributed by atoms with E-state index in [0.717, 1.165) is 22.4 Å². The number of carbonyl (C=O) groups excluding carboxylic acids is 2. The lowest BCUT2D eigenvalue weighted by atomic mass is 10.1. The molecule has 2 atom stereocenters. The van der Waals surface area contributed by atoms with E-state index in [-0.39, 0.29) is 30.3 Å². The van der Waals surface area contributed by atoms with E-state index in [9.17, 15) is 9.59 Å². The zero-order valence-corrected chi connectivity index (χ0v) is 18.6. The van der Waals surface area contributed by atoms with Crippen LogP contribution in [0, 0.1) is 5.92 Å². The summed E-state index contributed by atoms with van der Waals surface area (Å²) >= 11 is 3.43. The van der Waals surface area contributed by atoms with Gasteiger partial charge in [-0.15, -0.1) is 0 Å². The van der Waals surface area contributed by atoms with E-state index >= 15 is 0 Å². The lowest BCUT2D eigenvalue weighted by molar-refractivity contribution is -0.135. The molecule has 0 bridgehead atoms. The van der Waals surface area contributed by atoms with Crippen molar-refractivity contribution in [1.82, 2.24) is 14.9 Å². The molecule has 4 rings (SSSR count). The Balaban J connectivity index is 1.36. The molecule has 2 aliphatic rings. The van der Waals surface area contributed by atoms with E-state index in [0.29, 0.717) is 25.5 Å². The van der Waals surface area contributed by atoms with Crippen LogP contribution >= 0.6 is 15.9 Å². The third-order valence-electron chi connectivity index (χ3n) is 5.40. The van der Waals surface area contributed by atoms with Gasteiger partial charge in [-0.1, -0.05) is 22.0 Å². The summed E-state index contributed by atoms with van der Waals surface area (Å²) in [7, 11) is 3.79. The van der Waals surface area contributed by atoms with Crippen molar-refractivity contribution in [2.45, 2.75) is 18.9 Å². The van der Waals surface area contributed by atoms with Crippen LogP contribution in [0.5, 0.6) is 5.88 Å².